The molecule has 1 aliphatic rings. The molecule has 5 nitrogen and oxygen atoms in total. The number of nitrogens with zero attached hydrogens (tertiary/aromatic N) is 4. The second-order valence-corrected chi connectivity index (χ2v) is 5.32. The normalized spacial score (nSPS) is 20.5. The molecule has 1 N–H and O–H groups in total. The molecule has 1 atom stereocenters. The molecule has 19 heavy (non-hydrogen) atoms. The molecule has 0 saturated carbocycles. The van der Waals surface area contributed by atoms with Crippen molar-refractivity contribution in [3.05, 3.63) is 18.1 Å². The highest BCUT2D eigenvalue weighted by atomic mass is 15.2. The second-order valence-electron chi connectivity index (χ2n) is 5.32. The SMILES string of the molecule is CCNCc1cncc(N(C)C2CCCN(C)C2)n1. The van der Waals surface area contributed by atoms with Crippen LogP contribution in [0.15, 0.2) is 12.4 Å². The molecule has 0 radical (unpaired) electrons. The van der Waals surface area contributed by atoms with Crippen LogP contribution in [0.5, 0.6) is 0 Å². The molecule has 0 amide bonds. The van der Waals surface area contributed by atoms with Gasteiger partial charge in [0.1, 0.15) is 5.82 Å². The molecule has 1 unspecified atom stereocenters. The fraction of sp³-hybridized carbons (Fsp3) is 0.714. The summed E-state index contributed by atoms with van der Waals surface area (Å²) < 4.78 is 0. The minimum Gasteiger partial charge on any atom is -0.354 e. The van der Waals surface area contributed by atoms with Crippen LogP contribution in [0, 0.1) is 0 Å². The van der Waals surface area contributed by atoms with Crippen LogP contribution >= 0.6 is 0 Å². The molecular weight excluding hydrogens is 238 g/mol. The summed E-state index contributed by atoms with van der Waals surface area (Å²) >= 11 is 0. The van der Waals surface area contributed by atoms with Gasteiger partial charge >= 0.3 is 0 Å². The molecule has 0 aromatic carbocycles. The Morgan fingerprint density at radius 2 is 2.32 bits per heavy atom. The molecule has 1 fully saturated rings. The van der Waals surface area contributed by atoms with Crippen molar-refractivity contribution in [3.63, 3.8) is 0 Å². The molecular formula is C14H25N5. The van der Waals surface area contributed by atoms with Crippen LogP contribution in [0.3, 0.4) is 0 Å². The lowest BCUT2D eigenvalue weighted by molar-refractivity contribution is 0.247. The first-order valence-electron chi connectivity index (χ1n) is 7.13. The van der Waals surface area contributed by atoms with Crippen LogP contribution in [0.1, 0.15) is 25.5 Å². The molecule has 0 bridgehead atoms. The molecule has 106 valence electrons. The highest BCUT2D eigenvalue weighted by Gasteiger charge is 2.22. The molecule has 0 aliphatic carbocycles. The van der Waals surface area contributed by atoms with Crippen molar-refractivity contribution in [1.82, 2.24) is 20.2 Å². The standard InChI is InChI=1S/C14H25N5/c1-4-15-8-12-9-16-10-14(17-12)19(3)13-6-5-7-18(2)11-13/h9-10,13,15H,4-8,11H2,1-3H3. The van der Waals surface area contributed by atoms with Crippen molar-refractivity contribution in [2.75, 3.05) is 38.6 Å². The Hall–Kier alpha value is -1.20. The molecule has 1 saturated heterocycles. The Morgan fingerprint density at radius 3 is 3.05 bits per heavy atom. The van der Waals surface area contributed by atoms with E-state index in [0.29, 0.717) is 6.04 Å². The summed E-state index contributed by atoms with van der Waals surface area (Å²) in [5.74, 6) is 0.982. The third kappa shape index (κ3) is 3.88. The van der Waals surface area contributed by atoms with E-state index in [9.17, 15) is 0 Å². The van der Waals surface area contributed by atoms with Crippen LogP contribution in [-0.2, 0) is 6.54 Å². The summed E-state index contributed by atoms with van der Waals surface area (Å²) in [6.07, 6.45) is 6.20. The average Bonchev–Trinajstić information content (AvgIpc) is 2.44. The van der Waals surface area contributed by atoms with Crippen LogP contribution in [0.4, 0.5) is 5.82 Å². The number of anilines is 1. The molecule has 2 heterocycles. The Morgan fingerprint density at radius 1 is 1.47 bits per heavy atom. The zero-order valence-corrected chi connectivity index (χ0v) is 12.3. The van der Waals surface area contributed by atoms with E-state index in [1.807, 2.05) is 12.4 Å². The number of likely N-dealkylation sites (tertiary alicyclic amines) is 1. The van der Waals surface area contributed by atoms with E-state index in [0.717, 1.165) is 31.1 Å². The van der Waals surface area contributed by atoms with Gasteiger partial charge in [0.25, 0.3) is 0 Å². The summed E-state index contributed by atoms with van der Waals surface area (Å²) in [4.78, 5) is 13.7. The first kappa shape index (κ1) is 14.2. The number of nitrogens with one attached hydrogen (secondary N) is 1. The van der Waals surface area contributed by atoms with Crippen molar-refractivity contribution in [2.45, 2.75) is 32.4 Å². The van der Waals surface area contributed by atoms with E-state index in [1.165, 1.54) is 19.4 Å². The van der Waals surface area contributed by atoms with Crippen molar-refractivity contribution in [1.29, 1.82) is 0 Å². The van der Waals surface area contributed by atoms with E-state index < -0.39 is 0 Å². The molecule has 1 aromatic rings. The zero-order valence-electron chi connectivity index (χ0n) is 12.3. The van der Waals surface area contributed by atoms with Gasteiger partial charge in [0.15, 0.2) is 0 Å². The van der Waals surface area contributed by atoms with Crippen molar-refractivity contribution < 1.29 is 0 Å². The first-order chi connectivity index (χ1) is 9.20. The van der Waals surface area contributed by atoms with Crippen LogP contribution in [-0.4, -0.2) is 54.6 Å². The largest absolute Gasteiger partial charge is 0.354 e. The number of rotatable bonds is 5. The summed E-state index contributed by atoms with van der Waals surface area (Å²) in [7, 11) is 4.32. The van der Waals surface area contributed by atoms with Crippen LogP contribution < -0.4 is 10.2 Å². The Bertz CT molecular complexity index is 395. The minimum absolute atomic E-state index is 0.544. The van der Waals surface area contributed by atoms with Gasteiger partial charge in [-0.15, -0.1) is 0 Å². The smallest absolute Gasteiger partial charge is 0.147 e. The number of hydrogen-bond donors (Lipinski definition) is 1. The highest BCUT2D eigenvalue weighted by molar-refractivity contribution is 5.37. The van der Waals surface area contributed by atoms with Gasteiger partial charge in [-0.25, -0.2) is 4.98 Å². The predicted octanol–water partition coefficient (Wildman–Crippen LogP) is 1.12. The highest BCUT2D eigenvalue weighted by Crippen LogP contribution is 2.18. The minimum atomic E-state index is 0.544. The summed E-state index contributed by atoms with van der Waals surface area (Å²) in [6, 6.07) is 0.544. The van der Waals surface area contributed by atoms with Gasteiger partial charge in [0, 0.05) is 32.4 Å². The molecule has 5 heteroatoms. The van der Waals surface area contributed by atoms with Crippen molar-refractivity contribution in [2.24, 2.45) is 0 Å². The fourth-order valence-corrected chi connectivity index (χ4v) is 2.55. The number of piperidine rings is 1. The monoisotopic (exact) mass is 263 g/mol. The van der Waals surface area contributed by atoms with E-state index in [4.69, 9.17) is 4.98 Å². The van der Waals surface area contributed by atoms with Crippen molar-refractivity contribution >= 4 is 5.82 Å². The maximum Gasteiger partial charge on any atom is 0.147 e. The predicted molar refractivity (Wildman–Crippen MR) is 78.3 cm³/mol. The lowest BCUT2D eigenvalue weighted by atomic mass is 10.1. The van der Waals surface area contributed by atoms with Gasteiger partial charge in [-0.3, -0.25) is 4.98 Å². The van der Waals surface area contributed by atoms with Gasteiger partial charge in [-0.1, -0.05) is 6.92 Å². The lowest BCUT2D eigenvalue weighted by Gasteiger charge is -2.36. The third-order valence-electron chi connectivity index (χ3n) is 3.74. The Labute approximate surface area is 116 Å². The van der Waals surface area contributed by atoms with Gasteiger partial charge in [-0.2, -0.15) is 0 Å². The van der Waals surface area contributed by atoms with E-state index in [2.05, 4.69) is 41.1 Å². The Balaban J connectivity index is 2.03. The fourth-order valence-electron chi connectivity index (χ4n) is 2.55. The summed E-state index contributed by atoms with van der Waals surface area (Å²) in [5, 5.41) is 3.29. The maximum absolute atomic E-state index is 4.69. The summed E-state index contributed by atoms with van der Waals surface area (Å²) in [5.41, 5.74) is 1.01. The Kier molecular flexibility index (Phi) is 5.10. The lowest BCUT2D eigenvalue weighted by Crippen LogP contribution is -2.45. The van der Waals surface area contributed by atoms with Gasteiger partial charge in [0.05, 0.1) is 11.9 Å². The molecule has 1 aromatic heterocycles. The summed E-state index contributed by atoms with van der Waals surface area (Å²) in [6.45, 7) is 6.15. The quantitative estimate of drug-likeness (QED) is 0.862. The van der Waals surface area contributed by atoms with Crippen LogP contribution in [0.2, 0.25) is 0 Å². The molecule has 1 aliphatic heterocycles. The number of aromatic nitrogens is 2. The van der Waals surface area contributed by atoms with E-state index in [1.54, 1.807) is 0 Å². The topological polar surface area (TPSA) is 44.3 Å². The maximum atomic E-state index is 4.69. The van der Waals surface area contributed by atoms with E-state index >= 15 is 0 Å². The molecule has 0 spiro atoms. The number of hydrogen-bond acceptors (Lipinski definition) is 5. The average molecular weight is 263 g/mol. The molecule has 2 rings (SSSR count). The van der Waals surface area contributed by atoms with Crippen molar-refractivity contribution in [3.8, 4) is 0 Å². The van der Waals surface area contributed by atoms with Crippen LogP contribution in [0.25, 0.3) is 0 Å². The zero-order chi connectivity index (χ0) is 13.7. The number of likely N-dealkylation sites (N-methyl/N-ethyl adjacent to an activating group) is 2. The van der Waals surface area contributed by atoms with Gasteiger partial charge < -0.3 is 15.1 Å². The van der Waals surface area contributed by atoms with E-state index in [-0.39, 0.29) is 0 Å². The third-order valence-corrected chi connectivity index (χ3v) is 3.74. The second kappa shape index (κ2) is 6.82. The first-order valence-corrected chi connectivity index (χ1v) is 7.13. The van der Waals surface area contributed by atoms with Gasteiger partial charge in [0.2, 0.25) is 0 Å². The van der Waals surface area contributed by atoms with Gasteiger partial charge in [-0.05, 0) is 33.0 Å².